The minimum atomic E-state index is -0.107. The third kappa shape index (κ3) is 4.14. The van der Waals surface area contributed by atoms with E-state index in [1.54, 1.807) is 49.0 Å². The fraction of sp³-hybridized carbons (Fsp3) is 0.286. The number of ether oxygens (including phenoxy) is 2. The smallest absolute Gasteiger partial charge is 0.238 e. The molecule has 1 aliphatic heterocycles. The number of benzene rings is 1. The number of thiophene rings is 2. The van der Waals surface area contributed by atoms with Crippen molar-refractivity contribution in [2.24, 2.45) is 0 Å². The molecule has 1 aromatic carbocycles. The Balaban J connectivity index is 1.55. The first-order valence-corrected chi connectivity index (χ1v) is 11.3. The Morgan fingerprint density at radius 2 is 2.03 bits per heavy atom. The van der Waals surface area contributed by atoms with Gasteiger partial charge in [0.15, 0.2) is 0 Å². The summed E-state index contributed by atoms with van der Waals surface area (Å²) in [6.07, 6.45) is 0.958. The molecule has 0 saturated heterocycles. The third-order valence-electron chi connectivity index (χ3n) is 4.97. The number of fused-ring (bicyclic) bond motifs is 1. The molecule has 8 heteroatoms. The van der Waals surface area contributed by atoms with Gasteiger partial charge in [-0.3, -0.25) is 9.69 Å². The summed E-state index contributed by atoms with van der Waals surface area (Å²) in [6, 6.07) is 9.81. The van der Waals surface area contributed by atoms with Crippen LogP contribution in [0, 0.1) is 0 Å². The molecule has 3 aromatic rings. The van der Waals surface area contributed by atoms with Gasteiger partial charge in [-0.2, -0.15) is 0 Å². The fourth-order valence-electron chi connectivity index (χ4n) is 3.65. The largest absolute Gasteiger partial charge is 0.495 e. The van der Waals surface area contributed by atoms with E-state index in [0.717, 1.165) is 13.0 Å². The van der Waals surface area contributed by atoms with Gasteiger partial charge in [0.05, 0.1) is 37.5 Å². The van der Waals surface area contributed by atoms with Gasteiger partial charge in [0, 0.05) is 22.4 Å². The fourth-order valence-corrected chi connectivity index (χ4v) is 5.67. The van der Waals surface area contributed by atoms with Gasteiger partial charge in [-0.1, -0.05) is 17.7 Å². The number of hydrogen-bond donors (Lipinski definition) is 1. The maximum absolute atomic E-state index is 12.9. The van der Waals surface area contributed by atoms with Crippen LogP contribution in [-0.4, -0.2) is 38.1 Å². The van der Waals surface area contributed by atoms with Crippen LogP contribution >= 0.6 is 34.3 Å². The van der Waals surface area contributed by atoms with Gasteiger partial charge in [0.25, 0.3) is 0 Å². The van der Waals surface area contributed by atoms with E-state index in [9.17, 15) is 4.79 Å². The molecule has 0 aliphatic carbocycles. The number of methoxy groups -OCH3 is 2. The van der Waals surface area contributed by atoms with Gasteiger partial charge < -0.3 is 14.8 Å². The Hall–Kier alpha value is -2.06. The van der Waals surface area contributed by atoms with Crippen molar-refractivity contribution in [3.05, 3.63) is 61.4 Å². The van der Waals surface area contributed by atoms with E-state index in [1.165, 1.54) is 15.3 Å². The van der Waals surface area contributed by atoms with E-state index < -0.39 is 0 Å². The molecule has 1 N–H and O–H groups in total. The molecule has 0 bridgehead atoms. The SMILES string of the molecule is COc1cc(OC)c(NC(=O)CN2CCc3sccc3C2c2cccs2)cc1Cl. The summed E-state index contributed by atoms with van der Waals surface area (Å²) in [5, 5.41) is 7.58. The van der Waals surface area contributed by atoms with E-state index in [2.05, 4.69) is 39.2 Å². The zero-order chi connectivity index (χ0) is 20.4. The number of hydrogen-bond acceptors (Lipinski definition) is 6. The minimum absolute atomic E-state index is 0.107. The van der Waals surface area contributed by atoms with Crippen molar-refractivity contribution in [3.63, 3.8) is 0 Å². The minimum Gasteiger partial charge on any atom is -0.495 e. The summed E-state index contributed by atoms with van der Waals surface area (Å²) >= 11 is 9.75. The number of rotatable bonds is 6. The van der Waals surface area contributed by atoms with Gasteiger partial charge in [0.2, 0.25) is 5.91 Å². The molecule has 1 amide bonds. The van der Waals surface area contributed by atoms with Crippen LogP contribution < -0.4 is 14.8 Å². The topological polar surface area (TPSA) is 50.8 Å². The number of amides is 1. The summed E-state index contributed by atoms with van der Waals surface area (Å²) in [4.78, 5) is 17.8. The highest BCUT2D eigenvalue weighted by Crippen LogP contribution is 2.40. The Labute approximate surface area is 182 Å². The van der Waals surface area contributed by atoms with Crippen LogP contribution in [-0.2, 0) is 11.2 Å². The van der Waals surface area contributed by atoms with Crippen LogP contribution in [0.5, 0.6) is 11.5 Å². The van der Waals surface area contributed by atoms with Gasteiger partial charge in [-0.25, -0.2) is 0 Å². The van der Waals surface area contributed by atoms with Crippen molar-refractivity contribution in [2.45, 2.75) is 12.5 Å². The molecule has 0 radical (unpaired) electrons. The Morgan fingerprint density at radius 3 is 2.76 bits per heavy atom. The van der Waals surface area contributed by atoms with E-state index >= 15 is 0 Å². The zero-order valence-corrected chi connectivity index (χ0v) is 18.5. The van der Waals surface area contributed by atoms with Crippen molar-refractivity contribution < 1.29 is 14.3 Å². The molecule has 0 spiro atoms. The first-order valence-electron chi connectivity index (χ1n) is 9.15. The summed E-state index contributed by atoms with van der Waals surface area (Å²) in [5.41, 5.74) is 1.84. The van der Waals surface area contributed by atoms with Crippen molar-refractivity contribution in [2.75, 3.05) is 32.6 Å². The van der Waals surface area contributed by atoms with Crippen molar-refractivity contribution in [3.8, 4) is 11.5 Å². The van der Waals surface area contributed by atoms with Crippen molar-refractivity contribution in [1.82, 2.24) is 4.90 Å². The molecule has 5 nitrogen and oxygen atoms in total. The number of anilines is 1. The number of carbonyl (C=O) groups excluding carboxylic acids is 1. The Bertz CT molecular complexity index is 1000. The Kier molecular flexibility index (Phi) is 6.10. The van der Waals surface area contributed by atoms with Crippen molar-refractivity contribution >= 4 is 45.9 Å². The number of nitrogens with one attached hydrogen (secondary N) is 1. The molecule has 3 heterocycles. The summed E-state index contributed by atoms with van der Waals surface area (Å²) in [7, 11) is 3.09. The average molecular weight is 449 g/mol. The molecule has 1 atom stereocenters. The second-order valence-electron chi connectivity index (χ2n) is 6.67. The molecule has 4 rings (SSSR count). The summed E-state index contributed by atoms with van der Waals surface area (Å²) in [6.45, 7) is 1.12. The lowest BCUT2D eigenvalue weighted by molar-refractivity contribution is -0.117. The van der Waals surface area contributed by atoms with Crippen LogP contribution in [0.15, 0.2) is 41.1 Å². The standard InChI is InChI=1S/C21H21ClN2O3S2/c1-26-16-11-17(27-2)15(10-14(16)22)23-20(25)12-24-7-5-18-13(6-9-29-18)21(24)19-4-3-8-28-19/h3-4,6,8-11,21H,5,7,12H2,1-2H3,(H,23,25). The van der Waals surface area contributed by atoms with Crippen LogP contribution in [0.1, 0.15) is 21.4 Å². The lowest BCUT2D eigenvalue weighted by Crippen LogP contribution is -2.40. The number of carbonyl (C=O) groups is 1. The zero-order valence-electron chi connectivity index (χ0n) is 16.1. The number of nitrogens with zero attached hydrogens (tertiary/aromatic N) is 1. The highest BCUT2D eigenvalue weighted by molar-refractivity contribution is 7.10. The molecule has 1 aliphatic rings. The predicted octanol–water partition coefficient (Wildman–Crippen LogP) is 5.07. The second kappa shape index (κ2) is 8.75. The molecule has 0 fully saturated rings. The van der Waals surface area contributed by atoms with E-state index in [-0.39, 0.29) is 18.5 Å². The van der Waals surface area contributed by atoms with Gasteiger partial charge >= 0.3 is 0 Å². The number of halogens is 1. The summed E-state index contributed by atoms with van der Waals surface area (Å²) in [5.74, 6) is 0.901. The first-order chi connectivity index (χ1) is 14.1. The van der Waals surface area contributed by atoms with Crippen LogP contribution in [0.3, 0.4) is 0 Å². The van der Waals surface area contributed by atoms with Crippen LogP contribution in [0.2, 0.25) is 5.02 Å². The van der Waals surface area contributed by atoms with Crippen LogP contribution in [0.4, 0.5) is 5.69 Å². The maximum Gasteiger partial charge on any atom is 0.238 e. The molecule has 29 heavy (non-hydrogen) atoms. The third-order valence-corrected chi connectivity index (χ3v) is 7.19. The van der Waals surface area contributed by atoms with Gasteiger partial charge in [-0.05, 0) is 40.9 Å². The van der Waals surface area contributed by atoms with E-state index in [1.807, 2.05) is 0 Å². The molecular weight excluding hydrogens is 428 g/mol. The van der Waals surface area contributed by atoms with Crippen LogP contribution in [0.25, 0.3) is 0 Å². The van der Waals surface area contributed by atoms with Crippen molar-refractivity contribution in [1.29, 1.82) is 0 Å². The maximum atomic E-state index is 12.9. The molecule has 152 valence electrons. The first kappa shape index (κ1) is 20.2. The van der Waals surface area contributed by atoms with Gasteiger partial charge in [-0.15, -0.1) is 22.7 Å². The average Bonchev–Trinajstić information content (AvgIpc) is 3.40. The lowest BCUT2D eigenvalue weighted by atomic mass is 9.98. The molecule has 2 aromatic heterocycles. The van der Waals surface area contributed by atoms with E-state index in [4.69, 9.17) is 21.1 Å². The molecule has 1 unspecified atom stereocenters. The van der Waals surface area contributed by atoms with E-state index in [0.29, 0.717) is 22.2 Å². The lowest BCUT2D eigenvalue weighted by Gasteiger charge is -2.34. The highest BCUT2D eigenvalue weighted by Gasteiger charge is 2.31. The Morgan fingerprint density at radius 1 is 1.21 bits per heavy atom. The summed E-state index contributed by atoms with van der Waals surface area (Å²) < 4.78 is 10.6. The quantitative estimate of drug-likeness (QED) is 0.572. The van der Waals surface area contributed by atoms with Gasteiger partial charge in [0.1, 0.15) is 11.5 Å². The highest BCUT2D eigenvalue weighted by atomic mass is 35.5. The molecule has 0 saturated carbocycles. The second-order valence-corrected chi connectivity index (χ2v) is 9.06. The molecular formula is C21H21ClN2O3S2. The normalized spacial score (nSPS) is 16.3. The monoisotopic (exact) mass is 448 g/mol. The predicted molar refractivity (Wildman–Crippen MR) is 119 cm³/mol.